The Hall–Kier alpha value is -1.42. The minimum absolute atomic E-state index is 0.166. The van der Waals surface area contributed by atoms with Crippen molar-refractivity contribution in [1.29, 1.82) is 0 Å². The van der Waals surface area contributed by atoms with Crippen molar-refractivity contribution in [2.45, 2.75) is 38.6 Å². The fraction of sp³-hybridized carbons (Fsp3) is 0.500. The van der Waals surface area contributed by atoms with Gasteiger partial charge in [-0.2, -0.15) is 5.11 Å². The maximum absolute atomic E-state index is 10.4. The molecule has 1 N–H and O–H groups in total. The van der Waals surface area contributed by atoms with Crippen LogP contribution in [0.4, 0.5) is 0 Å². The standard InChI is InChI=1S/C12H17N3O/c1-3-12(16)10(2)13-14-15(12)9-11-7-5-4-6-8-11/h4-8,10,16H,3,9H2,1-2H3. The molecule has 4 heteroatoms. The predicted octanol–water partition coefficient (Wildman–Crippen LogP) is 2.36. The van der Waals surface area contributed by atoms with Crippen LogP contribution < -0.4 is 0 Å². The van der Waals surface area contributed by atoms with Gasteiger partial charge in [0.25, 0.3) is 0 Å². The summed E-state index contributed by atoms with van der Waals surface area (Å²) in [6.07, 6.45) is 0.619. The number of hydrogen-bond acceptors (Lipinski definition) is 4. The van der Waals surface area contributed by atoms with Gasteiger partial charge in [0.1, 0.15) is 6.04 Å². The second-order valence-electron chi connectivity index (χ2n) is 4.16. The van der Waals surface area contributed by atoms with Crippen molar-refractivity contribution in [2.75, 3.05) is 0 Å². The summed E-state index contributed by atoms with van der Waals surface area (Å²) in [5.74, 6) is 0. The lowest BCUT2D eigenvalue weighted by molar-refractivity contribution is -0.107. The number of nitrogens with zero attached hydrogens (tertiary/aromatic N) is 3. The van der Waals surface area contributed by atoms with Gasteiger partial charge >= 0.3 is 0 Å². The fourth-order valence-corrected chi connectivity index (χ4v) is 1.93. The average molecular weight is 219 g/mol. The molecule has 1 aliphatic rings. The van der Waals surface area contributed by atoms with Gasteiger partial charge in [-0.3, -0.25) is 0 Å². The molecule has 2 atom stereocenters. The monoisotopic (exact) mass is 219 g/mol. The van der Waals surface area contributed by atoms with Crippen LogP contribution in [0.5, 0.6) is 0 Å². The first-order valence-corrected chi connectivity index (χ1v) is 5.61. The van der Waals surface area contributed by atoms with Gasteiger partial charge in [0.15, 0.2) is 5.72 Å². The van der Waals surface area contributed by atoms with E-state index in [0.717, 1.165) is 5.56 Å². The van der Waals surface area contributed by atoms with E-state index in [1.807, 2.05) is 44.2 Å². The molecule has 0 fully saturated rings. The molecular weight excluding hydrogens is 202 g/mol. The lowest BCUT2D eigenvalue weighted by Crippen LogP contribution is -2.48. The van der Waals surface area contributed by atoms with Crippen LogP contribution in [0.25, 0.3) is 0 Å². The van der Waals surface area contributed by atoms with E-state index in [2.05, 4.69) is 10.3 Å². The number of rotatable bonds is 3. The number of aliphatic hydroxyl groups is 1. The van der Waals surface area contributed by atoms with Gasteiger partial charge in [-0.15, -0.1) is 0 Å². The van der Waals surface area contributed by atoms with Crippen molar-refractivity contribution < 1.29 is 5.11 Å². The van der Waals surface area contributed by atoms with Gasteiger partial charge < -0.3 is 5.11 Å². The molecule has 0 amide bonds. The molecule has 0 aliphatic carbocycles. The van der Waals surface area contributed by atoms with Crippen LogP contribution in [0.2, 0.25) is 0 Å². The van der Waals surface area contributed by atoms with Gasteiger partial charge in [0.2, 0.25) is 0 Å². The molecule has 1 aromatic rings. The Morgan fingerprint density at radius 2 is 2.06 bits per heavy atom. The summed E-state index contributed by atoms with van der Waals surface area (Å²) in [6.45, 7) is 4.43. The van der Waals surface area contributed by atoms with Crippen molar-refractivity contribution in [2.24, 2.45) is 10.3 Å². The second kappa shape index (κ2) is 4.22. The average Bonchev–Trinajstić information content (AvgIpc) is 2.59. The molecule has 4 nitrogen and oxygen atoms in total. The number of hydrogen-bond donors (Lipinski definition) is 1. The van der Waals surface area contributed by atoms with Gasteiger partial charge in [-0.05, 0) is 18.9 Å². The second-order valence-corrected chi connectivity index (χ2v) is 4.16. The van der Waals surface area contributed by atoms with Crippen LogP contribution >= 0.6 is 0 Å². The summed E-state index contributed by atoms with van der Waals surface area (Å²) in [6, 6.07) is 9.82. The van der Waals surface area contributed by atoms with Crippen LogP contribution in [-0.2, 0) is 6.54 Å². The highest BCUT2D eigenvalue weighted by Gasteiger charge is 2.42. The molecule has 0 bridgehead atoms. The Kier molecular flexibility index (Phi) is 2.92. The maximum Gasteiger partial charge on any atom is 0.179 e. The molecule has 2 rings (SSSR count). The zero-order chi connectivity index (χ0) is 11.6. The molecule has 1 heterocycles. The van der Waals surface area contributed by atoms with Crippen molar-refractivity contribution in [3.05, 3.63) is 35.9 Å². The van der Waals surface area contributed by atoms with E-state index in [4.69, 9.17) is 0 Å². The van der Waals surface area contributed by atoms with Crippen molar-refractivity contribution >= 4 is 0 Å². The van der Waals surface area contributed by atoms with E-state index in [1.54, 1.807) is 5.01 Å². The molecule has 0 radical (unpaired) electrons. The highest BCUT2D eigenvalue weighted by molar-refractivity contribution is 5.15. The highest BCUT2D eigenvalue weighted by Crippen LogP contribution is 2.31. The van der Waals surface area contributed by atoms with Crippen LogP contribution in [0.1, 0.15) is 25.8 Å². The Morgan fingerprint density at radius 1 is 1.38 bits per heavy atom. The van der Waals surface area contributed by atoms with Crippen LogP contribution in [0.3, 0.4) is 0 Å². The third-order valence-corrected chi connectivity index (χ3v) is 3.14. The smallest absolute Gasteiger partial charge is 0.179 e. The molecule has 0 aromatic heterocycles. The highest BCUT2D eigenvalue weighted by atomic mass is 16.3. The van der Waals surface area contributed by atoms with Crippen LogP contribution in [0.15, 0.2) is 40.7 Å². The Balaban J connectivity index is 2.14. The first-order chi connectivity index (χ1) is 7.66. The lowest BCUT2D eigenvalue weighted by atomic mass is 10.0. The predicted molar refractivity (Wildman–Crippen MR) is 61.5 cm³/mol. The minimum Gasteiger partial charge on any atom is -0.367 e. The van der Waals surface area contributed by atoms with Gasteiger partial charge in [0.05, 0.1) is 6.54 Å². The minimum atomic E-state index is -0.935. The normalized spacial score (nSPS) is 28.7. The molecule has 0 saturated carbocycles. The summed E-state index contributed by atoms with van der Waals surface area (Å²) in [7, 11) is 0. The SMILES string of the molecule is CCC1(O)C(C)N=NN1Cc1ccccc1. The number of benzene rings is 1. The summed E-state index contributed by atoms with van der Waals surface area (Å²) >= 11 is 0. The van der Waals surface area contributed by atoms with Crippen molar-refractivity contribution in [3.8, 4) is 0 Å². The lowest BCUT2D eigenvalue weighted by Gasteiger charge is -2.32. The Bertz CT molecular complexity index is 379. The van der Waals surface area contributed by atoms with Gasteiger partial charge in [-0.25, -0.2) is 5.01 Å². The Morgan fingerprint density at radius 3 is 2.69 bits per heavy atom. The largest absolute Gasteiger partial charge is 0.367 e. The van der Waals surface area contributed by atoms with E-state index in [1.165, 1.54) is 0 Å². The van der Waals surface area contributed by atoms with Crippen molar-refractivity contribution in [1.82, 2.24) is 5.01 Å². The molecule has 86 valence electrons. The molecule has 2 unspecified atom stereocenters. The van der Waals surface area contributed by atoms with E-state index in [9.17, 15) is 5.11 Å². The summed E-state index contributed by atoms with van der Waals surface area (Å²) < 4.78 is 0. The van der Waals surface area contributed by atoms with E-state index in [0.29, 0.717) is 13.0 Å². The summed E-state index contributed by atoms with van der Waals surface area (Å²) in [5.41, 5.74) is 0.193. The first-order valence-electron chi connectivity index (χ1n) is 5.61. The third kappa shape index (κ3) is 1.80. The van der Waals surface area contributed by atoms with Gasteiger partial charge in [-0.1, -0.05) is 42.5 Å². The zero-order valence-corrected chi connectivity index (χ0v) is 9.67. The molecule has 0 saturated heterocycles. The van der Waals surface area contributed by atoms with E-state index >= 15 is 0 Å². The third-order valence-electron chi connectivity index (χ3n) is 3.14. The fourth-order valence-electron chi connectivity index (χ4n) is 1.93. The first kappa shape index (κ1) is 11.1. The molecule has 1 aromatic carbocycles. The maximum atomic E-state index is 10.4. The quantitative estimate of drug-likeness (QED) is 0.848. The van der Waals surface area contributed by atoms with Gasteiger partial charge in [0, 0.05) is 0 Å². The molecule has 16 heavy (non-hydrogen) atoms. The molecular formula is C12H17N3O. The molecule has 1 aliphatic heterocycles. The van der Waals surface area contributed by atoms with E-state index in [-0.39, 0.29) is 6.04 Å². The Labute approximate surface area is 95.6 Å². The molecule has 0 spiro atoms. The van der Waals surface area contributed by atoms with Crippen LogP contribution in [0, 0.1) is 0 Å². The van der Waals surface area contributed by atoms with Crippen LogP contribution in [-0.4, -0.2) is 21.9 Å². The van der Waals surface area contributed by atoms with E-state index < -0.39 is 5.72 Å². The zero-order valence-electron chi connectivity index (χ0n) is 9.67. The summed E-state index contributed by atoms with van der Waals surface area (Å²) in [4.78, 5) is 0. The van der Waals surface area contributed by atoms with Crippen molar-refractivity contribution in [3.63, 3.8) is 0 Å². The topological polar surface area (TPSA) is 48.2 Å². The summed E-state index contributed by atoms with van der Waals surface area (Å²) in [5, 5.41) is 20.2.